The van der Waals surface area contributed by atoms with Crippen LogP contribution in [-0.4, -0.2) is 27.5 Å². The molecule has 94 valence electrons. The standard InChI is InChI=1S/C10H12F2N2O2S/c11-9-2-1-8(5-10(9)12)17(15,16)14-7-3-4-13-6-7/h1-2,5,7,13-14H,3-4,6H2/t7-/m0/s1. The van der Waals surface area contributed by atoms with E-state index < -0.39 is 21.7 Å². The van der Waals surface area contributed by atoms with Crippen molar-refractivity contribution in [1.29, 1.82) is 0 Å². The zero-order valence-corrected chi connectivity index (χ0v) is 9.73. The second kappa shape index (κ2) is 4.67. The molecule has 1 atom stereocenters. The molecule has 1 aliphatic rings. The molecule has 0 saturated carbocycles. The highest BCUT2D eigenvalue weighted by molar-refractivity contribution is 7.89. The zero-order chi connectivity index (χ0) is 12.5. The number of halogens is 2. The lowest BCUT2D eigenvalue weighted by Gasteiger charge is -2.11. The number of hydrogen-bond donors (Lipinski definition) is 2. The van der Waals surface area contributed by atoms with Crippen LogP contribution in [0.3, 0.4) is 0 Å². The van der Waals surface area contributed by atoms with Gasteiger partial charge in [-0.2, -0.15) is 0 Å². The lowest BCUT2D eigenvalue weighted by molar-refractivity contribution is 0.503. The normalized spacial score (nSPS) is 20.7. The summed E-state index contributed by atoms with van der Waals surface area (Å²) in [6.45, 7) is 1.29. The van der Waals surface area contributed by atoms with E-state index in [2.05, 4.69) is 10.0 Å². The van der Waals surface area contributed by atoms with Gasteiger partial charge in [0.2, 0.25) is 10.0 Å². The Morgan fingerprint density at radius 3 is 2.65 bits per heavy atom. The van der Waals surface area contributed by atoms with Crippen LogP contribution in [0.15, 0.2) is 23.1 Å². The highest BCUT2D eigenvalue weighted by atomic mass is 32.2. The third-order valence-corrected chi connectivity index (χ3v) is 4.10. The van der Waals surface area contributed by atoms with Gasteiger partial charge in [-0.15, -0.1) is 0 Å². The molecule has 0 radical (unpaired) electrons. The Bertz CT molecular complexity index is 513. The molecule has 1 aliphatic heterocycles. The minimum absolute atomic E-state index is 0.201. The maximum atomic E-state index is 12.9. The third-order valence-electron chi connectivity index (χ3n) is 2.58. The van der Waals surface area contributed by atoms with Crippen LogP contribution in [0.4, 0.5) is 8.78 Å². The molecule has 2 N–H and O–H groups in total. The van der Waals surface area contributed by atoms with E-state index in [0.29, 0.717) is 19.0 Å². The second-order valence-corrected chi connectivity index (χ2v) is 5.60. The fraction of sp³-hybridized carbons (Fsp3) is 0.400. The summed E-state index contributed by atoms with van der Waals surface area (Å²) in [4.78, 5) is -0.261. The van der Waals surface area contributed by atoms with Gasteiger partial charge in [-0.05, 0) is 31.2 Å². The quantitative estimate of drug-likeness (QED) is 0.839. The zero-order valence-electron chi connectivity index (χ0n) is 8.91. The van der Waals surface area contributed by atoms with E-state index in [1.807, 2.05) is 0 Å². The van der Waals surface area contributed by atoms with Crippen molar-refractivity contribution in [3.8, 4) is 0 Å². The molecule has 4 nitrogen and oxygen atoms in total. The number of hydrogen-bond acceptors (Lipinski definition) is 3. The molecule has 1 fully saturated rings. The SMILES string of the molecule is O=S(=O)(N[C@H]1CCNC1)c1ccc(F)c(F)c1. The molecule has 1 aromatic rings. The second-order valence-electron chi connectivity index (χ2n) is 3.89. The minimum atomic E-state index is -3.78. The van der Waals surface area contributed by atoms with Crippen molar-refractivity contribution in [2.24, 2.45) is 0 Å². The van der Waals surface area contributed by atoms with Gasteiger partial charge in [-0.25, -0.2) is 21.9 Å². The first kappa shape index (κ1) is 12.4. The molecule has 1 aromatic carbocycles. The summed E-state index contributed by atoms with van der Waals surface area (Å²) in [6.07, 6.45) is 0.683. The lowest BCUT2D eigenvalue weighted by Crippen LogP contribution is -2.36. The van der Waals surface area contributed by atoms with E-state index in [-0.39, 0.29) is 10.9 Å². The van der Waals surface area contributed by atoms with Gasteiger partial charge in [0.1, 0.15) is 0 Å². The Hall–Kier alpha value is -1.05. The average molecular weight is 262 g/mol. The van der Waals surface area contributed by atoms with Gasteiger partial charge < -0.3 is 5.32 Å². The Morgan fingerprint density at radius 1 is 1.29 bits per heavy atom. The van der Waals surface area contributed by atoms with Crippen LogP contribution < -0.4 is 10.0 Å². The molecule has 1 saturated heterocycles. The van der Waals surface area contributed by atoms with E-state index in [1.165, 1.54) is 0 Å². The first-order chi connectivity index (χ1) is 7.99. The number of sulfonamides is 1. The number of benzene rings is 1. The highest BCUT2D eigenvalue weighted by Gasteiger charge is 2.23. The van der Waals surface area contributed by atoms with E-state index in [1.54, 1.807) is 0 Å². The lowest BCUT2D eigenvalue weighted by atomic mass is 10.3. The van der Waals surface area contributed by atoms with Crippen molar-refractivity contribution in [1.82, 2.24) is 10.0 Å². The fourth-order valence-electron chi connectivity index (χ4n) is 1.69. The minimum Gasteiger partial charge on any atom is -0.315 e. The Balaban J connectivity index is 2.21. The van der Waals surface area contributed by atoms with E-state index >= 15 is 0 Å². The molecular weight excluding hydrogens is 250 g/mol. The van der Waals surface area contributed by atoms with Gasteiger partial charge in [-0.3, -0.25) is 0 Å². The van der Waals surface area contributed by atoms with Gasteiger partial charge in [0.05, 0.1) is 4.90 Å². The topological polar surface area (TPSA) is 58.2 Å². The highest BCUT2D eigenvalue weighted by Crippen LogP contribution is 2.14. The van der Waals surface area contributed by atoms with Crippen LogP contribution in [0.25, 0.3) is 0 Å². The summed E-state index contributed by atoms with van der Waals surface area (Å²) in [5.74, 6) is -2.23. The van der Waals surface area contributed by atoms with Crippen LogP contribution in [0, 0.1) is 11.6 Å². The molecule has 7 heteroatoms. The number of nitrogens with one attached hydrogen (secondary N) is 2. The van der Waals surface area contributed by atoms with Crippen molar-refractivity contribution in [3.63, 3.8) is 0 Å². The Kier molecular flexibility index (Phi) is 3.41. The predicted molar refractivity (Wildman–Crippen MR) is 58.0 cm³/mol. The fourth-order valence-corrected chi connectivity index (χ4v) is 2.97. The first-order valence-electron chi connectivity index (χ1n) is 5.17. The maximum Gasteiger partial charge on any atom is 0.240 e. The van der Waals surface area contributed by atoms with Crippen LogP contribution in [-0.2, 0) is 10.0 Å². The molecule has 0 aliphatic carbocycles. The third kappa shape index (κ3) is 2.80. The molecule has 0 bridgehead atoms. The van der Waals surface area contributed by atoms with Crippen molar-refractivity contribution in [2.75, 3.05) is 13.1 Å². The largest absolute Gasteiger partial charge is 0.315 e. The van der Waals surface area contributed by atoms with Gasteiger partial charge in [0.15, 0.2) is 11.6 Å². The molecular formula is C10H12F2N2O2S. The van der Waals surface area contributed by atoms with Gasteiger partial charge >= 0.3 is 0 Å². The molecule has 17 heavy (non-hydrogen) atoms. The van der Waals surface area contributed by atoms with E-state index in [4.69, 9.17) is 0 Å². The Morgan fingerprint density at radius 2 is 2.06 bits per heavy atom. The predicted octanol–water partition coefficient (Wildman–Crippen LogP) is 0.605. The Labute approximate surface area is 98.1 Å². The van der Waals surface area contributed by atoms with Crippen LogP contribution in [0.1, 0.15) is 6.42 Å². The summed E-state index contributed by atoms with van der Waals surface area (Å²) in [7, 11) is -3.78. The van der Waals surface area contributed by atoms with E-state index in [9.17, 15) is 17.2 Å². The monoisotopic (exact) mass is 262 g/mol. The van der Waals surface area contributed by atoms with Gasteiger partial charge in [-0.1, -0.05) is 0 Å². The molecule has 0 aromatic heterocycles. The summed E-state index contributed by atoms with van der Waals surface area (Å²) in [5, 5.41) is 3.01. The first-order valence-corrected chi connectivity index (χ1v) is 6.65. The van der Waals surface area contributed by atoms with Crippen LogP contribution >= 0.6 is 0 Å². The van der Waals surface area contributed by atoms with Crippen molar-refractivity contribution < 1.29 is 17.2 Å². The molecule has 0 amide bonds. The molecule has 2 rings (SSSR count). The summed E-state index contributed by atoms with van der Waals surface area (Å²) in [5.41, 5.74) is 0. The smallest absolute Gasteiger partial charge is 0.240 e. The van der Waals surface area contributed by atoms with Crippen molar-refractivity contribution in [2.45, 2.75) is 17.4 Å². The molecule has 1 heterocycles. The van der Waals surface area contributed by atoms with Gasteiger partial charge in [0, 0.05) is 12.6 Å². The van der Waals surface area contributed by atoms with E-state index in [0.717, 1.165) is 18.7 Å². The number of rotatable bonds is 3. The summed E-state index contributed by atoms with van der Waals surface area (Å²) in [6, 6.07) is 2.33. The molecule has 0 unspecified atom stereocenters. The molecule has 0 spiro atoms. The maximum absolute atomic E-state index is 12.9. The van der Waals surface area contributed by atoms with Crippen LogP contribution in [0.2, 0.25) is 0 Å². The van der Waals surface area contributed by atoms with Crippen molar-refractivity contribution >= 4 is 10.0 Å². The summed E-state index contributed by atoms with van der Waals surface area (Å²) < 4.78 is 51.7. The average Bonchev–Trinajstić information content (AvgIpc) is 2.73. The van der Waals surface area contributed by atoms with Crippen LogP contribution in [0.5, 0.6) is 0 Å². The van der Waals surface area contributed by atoms with Gasteiger partial charge in [0.25, 0.3) is 0 Å². The van der Waals surface area contributed by atoms with Crippen molar-refractivity contribution in [3.05, 3.63) is 29.8 Å². The summed E-state index contributed by atoms with van der Waals surface area (Å²) >= 11 is 0.